The first-order valence-corrected chi connectivity index (χ1v) is 14.0. The third kappa shape index (κ3) is 8.96. The molecule has 0 bridgehead atoms. The Hall–Kier alpha value is -5.10. The minimum Gasteiger partial charge on any atom is -0.490 e. The van der Waals surface area contributed by atoms with Gasteiger partial charge in [-0.05, 0) is 47.5 Å². The Morgan fingerprint density at radius 2 is 0.667 bits per heavy atom. The van der Waals surface area contributed by atoms with Gasteiger partial charge in [-0.1, -0.05) is 91.0 Å². The number of benzene rings is 5. The van der Waals surface area contributed by atoms with Crippen molar-refractivity contribution in [2.45, 2.75) is 13.2 Å². The molecule has 42 heavy (non-hydrogen) atoms. The molecule has 0 aromatic heterocycles. The van der Waals surface area contributed by atoms with Gasteiger partial charge in [0.1, 0.15) is 51.1 Å². The molecule has 0 saturated heterocycles. The van der Waals surface area contributed by atoms with Gasteiger partial charge >= 0.3 is 0 Å². The zero-order valence-electron chi connectivity index (χ0n) is 23.4. The lowest BCUT2D eigenvalue weighted by Gasteiger charge is -2.14. The van der Waals surface area contributed by atoms with E-state index in [0.717, 1.165) is 11.1 Å². The summed E-state index contributed by atoms with van der Waals surface area (Å²) in [5, 5.41) is 0. The molecule has 6 heteroatoms. The Bertz CT molecular complexity index is 1380. The summed E-state index contributed by atoms with van der Waals surface area (Å²) in [6, 6.07) is 42.9. The SMILES string of the molecule is c1ccc(COc2ccccc2OCCOc2cccc(OCCOc3ccccc3OCc3ccccc3)c2)cc1. The Labute approximate surface area is 247 Å². The molecular formula is C36H34O6. The molecule has 0 spiro atoms. The third-order valence-electron chi connectivity index (χ3n) is 6.20. The molecule has 6 nitrogen and oxygen atoms in total. The van der Waals surface area contributed by atoms with Crippen molar-refractivity contribution in [3.05, 3.63) is 145 Å². The number of rotatable bonds is 16. The van der Waals surface area contributed by atoms with Crippen molar-refractivity contribution in [1.82, 2.24) is 0 Å². The summed E-state index contributed by atoms with van der Waals surface area (Å²) in [7, 11) is 0. The monoisotopic (exact) mass is 562 g/mol. The van der Waals surface area contributed by atoms with Crippen LogP contribution in [0.5, 0.6) is 34.5 Å². The summed E-state index contributed by atoms with van der Waals surface area (Å²) >= 11 is 0. The molecule has 0 aliphatic rings. The van der Waals surface area contributed by atoms with Crippen LogP contribution in [-0.2, 0) is 13.2 Å². The van der Waals surface area contributed by atoms with Crippen molar-refractivity contribution >= 4 is 0 Å². The molecule has 0 aliphatic heterocycles. The van der Waals surface area contributed by atoms with Gasteiger partial charge in [-0.25, -0.2) is 0 Å². The van der Waals surface area contributed by atoms with E-state index < -0.39 is 0 Å². The summed E-state index contributed by atoms with van der Waals surface area (Å²) in [4.78, 5) is 0. The van der Waals surface area contributed by atoms with E-state index in [1.165, 1.54) is 0 Å². The fourth-order valence-corrected chi connectivity index (χ4v) is 4.12. The van der Waals surface area contributed by atoms with Crippen LogP contribution in [-0.4, -0.2) is 26.4 Å². The van der Waals surface area contributed by atoms with E-state index in [9.17, 15) is 0 Å². The van der Waals surface area contributed by atoms with Gasteiger partial charge in [-0.3, -0.25) is 0 Å². The predicted octanol–water partition coefficient (Wildman–Crippen LogP) is 7.76. The maximum atomic E-state index is 5.97. The highest BCUT2D eigenvalue weighted by Gasteiger charge is 2.07. The highest BCUT2D eigenvalue weighted by molar-refractivity contribution is 5.40. The van der Waals surface area contributed by atoms with Crippen LogP contribution in [0.2, 0.25) is 0 Å². The Balaban J connectivity index is 1.03. The van der Waals surface area contributed by atoms with E-state index in [1.54, 1.807) is 0 Å². The van der Waals surface area contributed by atoms with Gasteiger partial charge in [-0.2, -0.15) is 0 Å². The fourth-order valence-electron chi connectivity index (χ4n) is 4.12. The predicted molar refractivity (Wildman–Crippen MR) is 163 cm³/mol. The van der Waals surface area contributed by atoms with Crippen LogP contribution >= 0.6 is 0 Å². The zero-order chi connectivity index (χ0) is 28.7. The normalized spacial score (nSPS) is 10.5. The van der Waals surface area contributed by atoms with E-state index in [1.807, 2.05) is 133 Å². The van der Waals surface area contributed by atoms with Crippen molar-refractivity contribution in [3.63, 3.8) is 0 Å². The molecule has 0 fully saturated rings. The number of ether oxygens (including phenoxy) is 6. The van der Waals surface area contributed by atoms with Gasteiger partial charge in [0.05, 0.1) is 0 Å². The molecule has 214 valence electrons. The van der Waals surface area contributed by atoms with Gasteiger partial charge < -0.3 is 28.4 Å². The maximum Gasteiger partial charge on any atom is 0.161 e. The zero-order valence-corrected chi connectivity index (χ0v) is 23.4. The molecule has 0 heterocycles. The largest absolute Gasteiger partial charge is 0.490 e. The first-order valence-electron chi connectivity index (χ1n) is 14.0. The molecule has 0 atom stereocenters. The third-order valence-corrected chi connectivity index (χ3v) is 6.20. The molecule has 0 aliphatic carbocycles. The summed E-state index contributed by atoms with van der Waals surface area (Å²) < 4.78 is 35.6. The fraction of sp³-hybridized carbons (Fsp3) is 0.167. The summed E-state index contributed by atoms with van der Waals surface area (Å²) in [6.07, 6.45) is 0. The minimum atomic E-state index is 0.371. The first-order chi connectivity index (χ1) is 20.8. The van der Waals surface area contributed by atoms with Crippen molar-refractivity contribution in [2.24, 2.45) is 0 Å². The Morgan fingerprint density at radius 3 is 1.10 bits per heavy atom. The van der Waals surface area contributed by atoms with Crippen LogP contribution in [0.1, 0.15) is 11.1 Å². The standard InChI is InChI=1S/C36H34O6/c1-3-12-29(13-4-1)27-41-35-20-9-7-18-33(35)39-24-22-37-31-16-11-17-32(26-31)38-23-25-40-34-19-8-10-21-36(34)42-28-30-14-5-2-6-15-30/h1-21,26H,22-25,27-28H2. The van der Waals surface area contributed by atoms with Crippen LogP contribution in [0, 0.1) is 0 Å². The minimum absolute atomic E-state index is 0.371. The molecule has 5 aromatic carbocycles. The summed E-state index contributed by atoms with van der Waals surface area (Å²) in [6.45, 7) is 2.44. The van der Waals surface area contributed by atoms with E-state index in [4.69, 9.17) is 28.4 Å². The number of hydrogen-bond donors (Lipinski definition) is 0. The Kier molecular flexibility index (Phi) is 10.6. The van der Waals surface area contributed by atoms with Crippen molar-refractivity contribution in [1.29, 1.82) is 0 Å². The topological polar surface area (TPSA) is 55.4 Å². The van der Waals surface area contributed by atoms with Crippen LogP contribution in [0.25, 0.3) is 0 Å². The van der Waals surface area contributed by atoms with Crippen LogP contribution in [0.4, 0.5) is 0 Å². The lowest BCUT2D eigenvalue weighted by atomic mass is 10.2. The lowest BCUT2D eigenvalue weighted by molar-refractivity contribution is 0.199. The van der Waals surface area contributed by atoms with E-state index in [-0.39, 0.29) is 0 Å². The molecule has 0 N–H and O–H groups in total. The van der Waals surface area contributed by atoms with Gasteiger partial charge in [-0.15, -0.1) is 0 Å². The van der Waals surface area contributed by atoms with Gasteiger partial charge in [0.2, 0.25) is 0 Å². The smallest absolute Gasteiger partial charge is 0.161 e. The van der Waals surface area contributed by atoms with Crippen LogP contribution in [0.3, 0.4) is 0 Å². The van der Waals surface area contributed by atoms with Crippen LogP contribution < -0.4 is 28.4 Å². The van der Waals surface area contributed by atoms with Crippen LogP contribution in [0.15, 0.2) is 133 Å². The number of hydrogen-bond acceptors (Lipinski definition) is 6. The molecule has 0 amide bonds. The van der Waals surface area contributed by atoms with Crippen molar-refractivity contribution in [3.8, 4) is 34.5 Å². The second kappa shape index (κ2) is 15.6. The summed E-state index contributed by atoms with van der Waals surface area (Å²) in [5.41, 5.74) is 2.20. The van der Waals surface area contributed by atoms with E-state index in [2.05, 4.69) is 0 Å². The molecule has 0 unspecified atom stereocenters. The Morgan fingerprint density at radius 1 is 0.310 bits per heavy atom. The van der Waals surface area contributed by atoms with E-state index >= 15 is 0 Å². The molecule has 0 radical (unpaired) electrons. The quantitative estimate of drug-likeness (QED) is 0.115. The molecule has 5 aromatic rings. The van der Waals surface area contributed by atoms with Gasteiger partial charge in [0.15, 0.2) is 23.0 Å². The second-order valence-electron chi connectivity index (χ2n) is 9.31. The molecule has 5 rings (SSSR count). The van der Waals surface area contributed by atoms with Crippen molar-refractivity contribution in [2.75, 3.05) is 26.4 Å². The first kappa shape index (κ1) is 28.4. The maximum absolute atomic E-state index is 5.97. The van der Waals surface area contributed by atoms with E-state index in [0.29, 0.717) is 74.1 Å². The van der Waals surface area contributed by atoms with Crippen molar-refractivity contribution < 1.29 is 28.4 Å². The average molecular weight is 563 g/mol. The van der Waals surface area contributed by atoms with Gasteiger partial charge in [0, 0.05) is 6.07 Å². The lowest BCUT2D eigenvalue weighted by Crippen LogP contribution is -2.11. The average Bonchev–Trinajstić information content (AvgIpc) is 3.05. The molecule has 0 saturated carbocycles. The number of para-hydroxylation sites is 4. The molecular weight excluding hydrogens is 528 g/mol. The van der Waals surface area contributed by atoms with Gasteiger partial charge in [0.25, 0.3) is 0 Å². The highest BCUT2D eigenvalue weighted by Crippen LogP contribution is 2.28. The highest BCUT2D eigenvalue weighted by atomic mass is 16.6. The second-order valence-corrected chi connectivity index (χ2v) is 9.31. The summed E-state index contributed by atoms with van der Waals surface area (Å²) in [5.74, 6) is 4.16.